The van der Waals surface area contributed by atoms with Crippen LogP contribution in [-0.2, 0) is 15.6 Å². The van der Waals surface area contributed by atoms with E-state index in [4.69, 9.17) is 9.47 Å². The van der Waals surface area contributed by atoms with Gasteiger partial charge in [-0.25, -0.2) is 8.42 Å². The maximum absolute atomic E-state index is 13.2. The lowest BCUT2D eigenvalue weighted by molar-refractivity contribution is 0.0928. The summed E-state index contributed by atoms with van der Waals surface area (Å²) in [6, 6.07) is 12.0. The number of nitrogens with one attached hydrogen (secondary N) is 1. The van der Waals surface area contributed by atoms with Gasteiger partial charge in [-0.3, -0.25) is 9.78 Å². The Labute approximate surface area is 194 Å². The molecule has 1 aliphatic rings. The molecule has 3 aromatic rings. The van der Waals surface area contributed by atoms with Gasteiger partial charge in [-0.05, 0) is 54.8 Å². The van der Waals surface area contributed by atoms with Gasteiger partial charge in [0.1, 0.15) is 16.4 Å². The summed E-state index contributed by atoms with van der Waals surface area (Å²) in [6.07, 6.45) is 7.08. The van der Waals surface area contributed by atoms with Crippen LogP contribution in [0.4, 0.5) is 0 Å². The summed E-state index contributed by atoms with van der Waals surface area (Å²) in [6.45, 7) is 0. The summed E-state index contributed by atoms with van der Waals surface area (Å²) in [4.78, 5) is 17.2. The first kappa shape index (κ1) is 23.0. The third-order valence-corrected chi connectivity index (χ3v) is 7.71. The highest BCUT2D eigenvalue weighted by Crippen LogP contribution is 2.31. The van der Waals surface area contributed by atoms with Crippen LogP contribution in [0.5, 0.6) is 11.5 Å². The van der Waals surface area contributed by atoms with Crippen LogP contribution in [-0.4, -0.2) is 39.6 Å². The van der Waals surface area contributed by atoms with Crippen molar-refractivity contribution in [3.8, 4) is 11.5 Å². The molecular formula is C25H28N2O5S. The van der Waals surface area contributed by atoms with E-state index in [9.17, 15) is 13.2 Å². The number of amides is 1. The number of hydrogen-bond donors (Lipinski definition) is 1. The molecule has 33 heavy (non-hydrogen) atoms. The third-order valence-electron chi connectivity index (χ3n) is 6.00. The van der Waals surface area contributed by atoms with Gasteiger partial charge in [0.25, 0.3) is 5.91 Å². The molecule has 1 fully saturated rings. The molecule has 1 heterocycles. The minimum absolute atomic E-state index is 0.0602. The molecule has 0 saturated heterocycles. The lowest BCUT2D eigenvalue weighted by atomic mass is 9.95. The summed E-state index contributed by atoms with van der Waals surface area (Å²) in [5, 5.41) is 3.84. The second kappa shape index (κ2) is 9.79. The van der Waals surface area contributed by atoms with E-state index in [0.29, 0.717) is 22.4 Å². The summed E-state index contributed by atoms with van der Waals surface area (Å²) < 4.78 is 36.7. The van der Waals surface area contributed by atoms with E-state index in [2.05, 4.69) is 10.3 Å². The number of rotatable bonds is 7. The van der Waals surface area contributed by atoms with Gasteiger partial charge in [-0.1, -0.05) is 19.3 Å². The summed E-state index contributed by atoms with van der Waals surface area (Å²) in [5.74, 6) is 0.326. The highest BCUT2D eigenvalue weighted by Gasteiger charge is 2.22. The van der Waals surface area contributed by atoms with Gasteiger partial charge >= 0.3 is 0 Å². The molecule has 4 rings (SSSR count). The number of hydrogen-bond acceptors (Lipinski definition) is 6. The highest BCUT2D eigenvalue weighted by molar-refractivity contribution is 7.90. The van der Waals surface area contributed by atoms with Gasteiger partial charge in [0.05, 0.1) is 25.5 Å². The fourth-order valence-corrected chi connectivity index (χ4v) is 5.74. The monoisotopic (exact) mass is 468 g/mol. The average Bonchev–Trinajstić information content (AvgIpc) is 2.83. The first-order valence-electron chi connectivity index (χ1n) is 11.0. The molecule has 1 aromatic heterocycles. The maximum Gasteiger partial charge on any atom is 0.251 e. The summed E-state index contributed by atoms with van der Waals surface area (Å²) in [7, 11) is -0.819. The zero-order chi connectivity index (χ0) is 23.4. The van der Waals surface area contributed by atoms with Crippen molar-refractivity contribution in [2.45, 2.75) is 48.8 Å². The largest absolute Gasteiger partial charge is 0.497 e. The van der Waals surface area contributed by atoms with Gasteiger partial charge in [0.2, 0.25) is 0 Å². The Kier molecular flexibility index (Phi) is 6.83. The molecule has 0 bridgehead atoms. The van der Waals surface area contributed by atoms with E-state index in [1.54, 1.807) is 42.6 Å². The lowest BCUT2D eigenvalue weighted by Crippen LogP contribution is -2.36. The van der Waals surface area contributed by atoms with E-state index in [-0.39, 0.29) is 28.3 Å². The van der Waals surface area contributed by atoms with Gasteiger partial charge in [-0.2, -0.15) is 0 Å². The van der Waals surface area contributed by atoms with E-state index in [1.807, 2.05) is 0 Å². The van der Waals surface area contributed by atoms with Crippen LogP contribution in [0, 0.1) is 0 Å². The molecule has 0 radical (unpaired) electrons. The van der Waals surface area contributed by atoms with Crippen molar-refractivity contribution < 1.29 is 22.7 Å². The number of sulfone groups is 1. The number of methoxy groups -OCH3 is 2. The number of aromatic nitrogens is 1. The van der Waals surface area contributed by atoms with E-state index < -0.39 is 9.84 Å². The smallest absolute Gasteiger partial charge is 0.251 e. The van der Waals surface area contributed by atoms with E-state index in [1.165, 1.54) is 26.7 Å². The van der Waals surface area contributed by atoms with Crippen molar-refractivity contribution in [2.75, 3.05) is 14.2 Å². The van der Waals surface area contributed by atoms with Crippen molar-refractivity contribution in [2.24, 2.45) is 0 Å². The fourth-order valence-electron chi connectivity index (χ4n) is 4.24. The summed E-state index contributed by atoms with van der Waals surface area (Å²) in [5.41, 5.74) is 1.77. The van der Waals surface area contributed by atoms with E-state index >= 15 is 0 Å². The molecule has 7 nitrogen and oxygen atoms in total. The van der Waals surface area contributed by atoms with Crippen molar-refractivity contribution in [3.63, 3.8) is 0 Å². The Bertz CT molecular complexity index is 1270. The molecular weight excluding hydrogens is 440 g/mol. The highest BCUT2D eigenvalue weighted by atomic mass is 32.2. The van der Waals surface area contributed by atoms with Crippen molar-refractivity contribution >= 4 is 26.6 Å². The summed E-state index contributed by atoms with van der Waals surface area (Å²) >= 11 is 0. The molecule has 0 spiro atoms. The second-order valence-corrected chi connectivity index (χ2v) is 10.3. The number of fused-ring (bicyclic) bond motifs is 1. The van der Waals surface area contributed by atoms with Crippen LogP contribution >= 0.6 is 0 Å². The van der Waals surface area contributed by atoms with Crippen LogP contribution < -0.4 is 14.8 Å². The molecule has 1 saturated carbocycles. The standard InChI is InChI=1S/C25H28N2O5S/c1-31-21-9-11-23(32-2)24(14-21)33(29,30)16-17-12-19-13-18(8-10-22(19)26-15-17)25(28)27-20-6-4-3-5-7-20/h8-15,20H,3-7,16H2,1-2H3,(H,27,28). The Hall–Kier alpha value is -3.13. The minimum Gasteiger partial charge on any atom is -0.497 e. The molecule has 0 atom stereocenters. The topological polar surface area (TPSA) is 94.6 Å². The van der Waals surface area contributed by atoms with Gasteiger partial charge in [0, 0.05) is 29.3 Å². The Balaban J connectivity index is 1.59. The predicted molar refractivity (Wildman–Crippen MR) is 127 cm³/mol. The van der Waals surface area contributed by atoms with Crippen molar-refractivity contribution in [1.29, 1.82) is 0 Å². The maximum atomic E-state index is 13.2. The Morgan fingerprint density at radius 3 is 2.55 bits per heavy atom. The predicted octanol–water partition coefficient (Wildman–Crippen LogP) is 4.29. The number of carbonyl (C=O) groups excluding carboxylic acids is 1. The molecule has 1 N–H and O–H groups in total. The molecule has 0 aliphatic heterocycles. The fraction of sp³-hybridized carbons (Fsp3) is 0.360. The van der Waals surface area contributed by atoms with E-state index in [0.717, 1.165) is 31.1 Å². The second-order valence-electron chi connectivity index (χ2n) is 8.34. The molecule has 8 heteroatoms. The van der Waals surface area contributed by atoms with Crippen LogP contribution in [0.2, 0.25) is 0 Å². The number of carbonyl (C=O) groups is 1. The van der Waals surface area contributed by atoms with Gasteiger partial charge < -0.3 is 14.8 Å². The third kappa shape index (κ3) is 5.27. The minimum atomic E-state index is -3.73. The quantitative estimate of drug-likeness (QED) is 0.556. The average molecular weight is 469 g/mol. The van der Waals surface area contributed by atoms with Crippen molar-refractivity contribution in [1.82, 2.24) is 10.3 Å². The molecule has 2 aromatic carbocycles. The molecule has 174 valence electrons. The molecule has 0 unspecified atom stereocenters. The van der Waals surface area contributed by atoms with Gasteiger partial charge in [-0.15, -0.1) is 0 Å². The van der Waals surface area contributed by atoms with Crippen LogP contribution in [0.25, 0.3) is 10.9 Å². The zero-order valence-corrected chi connectivity index (χ0v) is 19.7. The first-order valence-corrected chi connectivity index (χ1v) is 12.7. The van der Waals surface area contributed by atoms with Crippen LogP contribution in [0.1, 0.15) is 48.0 Å². The number of ether oxygens (including phenoxy) is 2. The van der Waals surface area contributed by atoms with Crippen LogP contribution in [0.3, 0.4) is 0 Å². The lowest BCUT2D eigenvalue weighted by Gasteiger charge is -2.22. The number of benzene rings is 2. The first-order chi connectivity index (χ1) is 15.9. The van der Waals surface area contributed by atoms with Gasteiger partial charge in [0.15, 0.2) is 9.84 Å². The number of nitrogens with zero attached hydrogens (tertiary/aromatic N) is 1. The Morgan fingerprint density at radius 2 is 1.82 bits per heavy atom. The normalized spacial score (nSPS) is 14.7. The molecule has 1 aliphatic carbocycles. The zero-order valence-electron chi connectivity index (χ0n) is 18.8. The van der Waals surface area contributed by atoms with Crippen LogP contribution in [0.15, 0.2) is 53.6 Å². The van der Waals surface area contributed by atoms with Crippen molar-refractivity contribution in [3.05, 3.63) is 59.8 Å². The molecule has 1 amide bonds. The number of pyridine rings is 1. The Morgan fingerprint density at radius 1 is 1.03 bits per heavy atom. The SMILES string of the molecule is COc1ccc(OC)c(S(=O)(=O)Cc2cnc3ccc(C(=O)NC4CCCCC4)cc3c2)c1.